The summed E-state index contributed by atoms with van der Waals surface area (Å²) < 4.78 is 0. The predicted molar refractivity (Wildman–Crippen MR) is 88.6 cm³/mol. The maximum Gasteiger partial charge on any atom is 0.0409 e. The van der Waals surface area contributed by atoms with Crippen molar-refractivity contribution < 1.29 is 0 Å². The third-order valence-electron chi connectivity index (χ3n) is 4.03. The lowest BCUT2D eigenvalue weighted by atomic mass is 10.00. The number of nitrogens with zero attached hydrogens (tertiary/aromatic N) is 1. The Morgan fingerprint density at radius 1 is 1.05 bits per heavy atom. The van der Waals surface area contributed by atoms with Crippen molar-refractivity contribution in [2.45, 2.75) is 19.5 Å². The van der Waals surface area contributed by atoms with Crippen LogP contribution in [-0.2, 0) is 19.5 Å². The molecular weight excluding hydrogens is 280 g/mol. The van der Waals surface area contributed by atoms with Crippen LogP contribution in [0, 0.1) is 0 Å². The van der Waals surface area contributed by atoms with Gasteiger partial charge in [0.2, 0.25) is 0 Å². The molecule has 110 valence electrons. The van der Waals surface area contributed by atoms with Gasteiger partial charge in [-0.25, -0.2) is 0 Å². The monoisotopic (exact) mass is 300 g/mol. The van der Waals surface area contributed by atoms with Gasteiger partial charge < -0.3 is 5.32 Å². The number of hydrogen-bond donors (Lipinski definition) is 1. The highest BCUT2D eigenvalue weighted by Gasteiger charge is 2.14. The molecule has 2 nitrogen and oxygen atoms in total. The van der Waals surface area contributed by atoms with Gasteiger partial charge in [0.25, 0.3) is 0 Å². The summed E-state index contributed by atoms with van der Waals surface area (Å²) in [6.45, 7) is 5.22. The third kappa shape index (κ3) is 4.07. The molecule has 3 heteroatoms. The van der Waals surface area contributed by atoms with Crippen LogP contribution in [0.25, 0.3) is 0 Å². The van der Waals surface area contributed by atoms with Crippen molar-refractivity contribution in [2.75, 3.05) is 19.6 Å². The van der Waals surface area contributed by atoms with Crippen LogP contribution in [0.4, 0.5) is 0 Å². The van der Waals surface area contributed by atoms with E-state index in [1.165, 1.54) is 23.1 Å². The lowest BCUT2D eigenvalue weighted by molar-refractivity contribution is 0.254. The van der Waals surface area contributed by atoms with E-state index in [4.69, 9.17) is 11.6 Å². The van der Waals surface area contributed by atoms with Crippen molar-refractivity contribution in [3.63, 3.8) is 0 Å². The fourth-order valence-electron chi connectivity index (χ4n) is 2.86. The predicted octanol–water partition coefficient (Wildman–Crippen LogP) is 3.49. The molecule has 0 spiro atoms. The van der Waals surface area contributed by atoms with Crippen LogP contribution >= 0.6 is 11.6 Å². The molecule has 21 heavy (non-hydrogen) atoms. The molecule has 2 aromatic carbocycles. The summed E-state index contributed by atoms with van der Waals surface area (Å²) in [5.74, 6) is 0. The van der Waals surface area contributed by atoms with Gasteiger partial charge in [-0.05, 0) is 35.2 Å². The Morgan fingerprint density at radius 3 is 2.76 bits per heavy atom. The first-order valence-electron chi connectivity index (χ1n) is 7.55. The molecule has 0 radical (unpaired) electrons. The Kier molecular flexibility index (Phi) is 4.91. The molecule has 1 N–H and O–H groups in total. The number of halogens is 1. The Labute approximate surface area is 131 Å². The van der Waals surface area contributed by atoms with Gasteiger partial charge in [0.1, 0.15) is 0 Å². The molecule has 0 unspecified atom stereocenters. The van der Waals surface area contributed by atoms with Crippen molar-refractivity contribution >= 4 is 11.6 Å². The van der Waals surface area contributed by atoms with Gasteiger partial charge in [-0.2, -0.15) is 0 Å². The second-order valence-electron chi connectivity index (χ2n) is 5.60. The Hall–Kier alpha value is -1.35. The largest absolute Gasteiger partial charge is 0.311 e. The van der Waals surface area contributed by atoms with E-state index in [9.17, 15) is 0 Å². The lowest BCUT2D eigenvalue weighted by Gasteiger charge is -2.28. The molecule has 0 aromatic heterocycles. The first-order chi connectivity index (χ1) is 10.3. The van der Waals surface area contributed by atoms with Crippen LogP contribution < -0.4 is 5.32 Å². The van der Waals surface area contributed by atoms with Crippen LogP contribution in [-0.4, -0.2) is 24.5 Å². The first kappa shape index (κ1) is 14.6. The van der Waals surface area contributed by atoms with Crippen LogP contribution in [0.15, 0.2) is 48.5 Å². The van der Waals surface area contributed by atoms with Gasteiger partial charge in [-0.1, -0.05) is 48.0 Å². The van der Waals surface area contributed by atoms with E-state index in [0.29, 0.717) is 0 Å². The molecule has 3 rings (SSSR count). The van der Waals surface area contributed by atoms with Gasteiger partial charge in [0.05, 0.1) is 0 Å². The molecule has 1 aliphatic rings. The summed E-state index contributed by atoms with van der Waals surface area (Å²) in [4.78, 5) is 2.52. The highest BCUT2D eigenvalue weighted by atomic mass is 35.5. The number of benzene rings is 2. The Bertz CT molecular complexity index is 597. The lowest BCUT2D eigenvalue weighted by Crippen LogP contribution is -2.35. The highest BCUT2D eigenvalue weighted by molar-refractivity contribution is 6.30. The Morgan fingerprint density at radius 2 is 1.90 bits per heavy atom. The van der Waals surface area contributed by atoms with Crippen molar-refractivity contribution in [1.82, 2.24) is 10.2 Å². The summed E-state index contributed by atoms with van der Waals surface area (Å²) >= 11 is 5.99. The summed E-state index contributed by atoms with van der Waals surface area (Å²) in [6, 6.07) is 16.8. The molecule has 0 saturated heterocycles. The minimum atomic E-state index is 0.807. The Balaban J connectivity index is 1.43. The molecule has 0 saturated carbocycles. The van der Waals surface area contributed by atoms with E-state index in [1.54, 1.807) is 0 Å². The van der Waals surface area contributed by atoms with Crippen LogP contribution in [0.5, 0.6) is 0 Å². The normalized spacial score (nSPS) is 14.9. The quantitative estimate of drug-likeness (QED) is 0.851. The standard InChI is InChI=1S/C18H21ClN2/c19-18-7-3-4-15(12-18)13-20-9-11-21-10-8-16-5-1-2-6-17(16)14-21/h1-7,12,20H,8-11,13-14H2. The van der Waals surface area contributed by atoms with E-state index >= 15 is 0 Å². The average Bonchev–Trinajstić information content (AvgIpc) is 2.51. The van der Waals surface area contributed by atoms with E-state index < -0.39 is 0 Å². The van der Waals surface area contributed by atoms with E-state index in [1.807, 2.05) is 18.2 Å². The zero-order valence-corrected chi connectivity index (χ0v) is 12.9. The number of rotatable bonds is 5. The number of fused-ring (bicyclic) bond motifs is 1. The summed E-state index contributed by atoms with van der Waals surface area (Å²) in [5.41, 5.74) is 4.24. The van der Waals surface area contributed by atoms with Gasteiger partial charge in [0.15, 0.2) is 0 Å². The SMILES string of the molecule is Clc1cccc(CNCCN2CCc3ccccc3C2)c1. The zero-order valence-electron chi connectivity index (χ0n) is 12.2. The van der Waals surface area contributed by atoms with Crippen LogP contribution in [0.2, 0.25) is 5.02 Å². The maximum absolute atomic E-state index is 5.99. The second-order valence-corrected chi connectivity index (χ2v) is 6.04. The molecular formula is C18H21ClN2. The fourth-order valence-corrected chi connectivity index (χ4v) is 3.07. The average molecular weight is 301 g/mol. The van der Waals surface area contributed by atoms with Crippen molar-refractivity contribution in [3.05, 3.63) is 70.2 Å². The first-order valence-corrected chi connectivity index (χ1v) is 7.93. The molecule has 0 aliphatic carbocycles. The molecule has 0 fully saturated rings. The van der Waals surface area contributed by atoms with E-state index in [-0.39, 0.29) is 0 Å². The molecule has 0 bridgehead atoms. The van der Waals surface area contributed by atoms with Crippen molar-refractivity contribution in [2.24, 2.45) is 0 Å². The fraction of sp³-hybridized carbons (Fsp3) is 0.333. The minimum absolute atomic E-state index is 0.807. The number of hydrogen-bond acceptors (Lipinski definition) is 2. The van der Waals surface area contributed by atoms with Gasteiger partial charge in [-0.3, -0.25) is 4.90 Å². The topological polar surface area (TPSA) is 15.3 Å². The summed E-state index contributed by atoms with van der Waals surface area (Å²) in [6.07, 6.45) is 1.17. The zero-order chi connectivity index (χ0) is 14.5. The second kappa shape index (κ2) is 7.08. The van der Waals surface area contributed by atoms with Crippen LogP contribution in [0.3, 0.4) is 0 Å². The van der Waals surface area contributed by atoms with E-state index in [2.05, 4.69) is 40.5 Å². The molecule has 2 aromatic rings. The maximum atomic E-state index is 5.99. The van der Waals surface area contributed by atoms with Crippen molar-refractivity contribution in [3.8, 4) is 0 Å². The number of nitrogens with one attached hydrogen (secondary N) is 1. The molecule has 0 amide bonds. The molecule has 1 heterocycles. The minimum Gasteiger partial charge on any atom is -0.311 e. The van der Waals surface area contributed by atoms with Crippen molar-refractivity contribution in [1.29, 1.82) is 0 Å². The van der Waals surface area contributed by atoms with Gasteiger partial charge in [-0.15, -0.1) is 0 Å². The van der Waals surface area contributed by atoms with Gasteiger partial charge in [0, 0.05) is 37.7 Å². The van der Waals surface area contributed by atoms with Gasteiger partial charge >= 0.3 is 0 Å². The molecule has 1 aliphatic heterocycles. The van der Waals surface area contributed by atoms with E-state index in [0.717, 1.165) is 37.7 Å². The summed E-state index contributed by atoms with van der Waals surface area (Å²) in [7, 11) is 0. The smallest absolute Gasteiger partial charge is 0.0409 e. The summed E-state index contributed by atoms with van der Waals surface area (Å²) in [5, 5.41) is 4.31. The third-order valence-corrected chi connectivity index (χ3v) is 4.27. The molecule has 0 atom stereocenters. The van der Waals surface area contributed by atoms with Crippen LogP contribution in [0.1, 0.15) is 16.7 Å². The highest BCUT2D eigenvalue weighted by Crippen LogP contribution is 2.17.